The molecular formula is C16H19N3O3. The second-order valence-corrected chi connectivity index (χ2v) is 5.23. The SMILES string of the molecule is CCOc1nc(C(=O)N(c2ccccn2)C2CCCC2)co1. The number of carbonyl (C=O) groups excluding carboxylic acids is 1. The molecule has 1 saturated carbocycles. The molecule has 0 atom stereocenters. The van der Waals surface area contributed by atoms with Crippen LogP contribution in [0.5, 0.6) is 6.08 Å². The molecule has 0 aromatic carbocycles. The summed E-state index contributed by atoms with van der Waals surface area (Å²) < 4.78 is 10.4. The topological polar surface area (TPSA) is 68.5 Å². The third-order valence-electron chi connectivity index (χ3n) is 3.77. The summed E-state index contributed by atoms with van der Waals surface area (Å²) >= 11 is 0. The van der Waals surface area contributed by atoms with E-state index in [0.717, 1.165) is 25.7 Å². The molecule has 0 saturated heterocycles. The number of nitrogens with zero attached hydrogens (tertiary/aromatic N) is 3. The number of anilines is 1. The Kier molecular flexibility index (Phi) is 4.37. The van der Waals surface area contributed by atoms with Crippen molar-refractivity contribution < 1.29 is 13.9 Å². The van der Waals surface area contributed by atoms with E-state index in [1.54, 1.807) is 11.1 Å². The van der Waals surface area contributed by atoms with Gasteiger partial charge in [-0.05, 0) is 31.9 Å². The van der Waals surface area contributed by atoms with Crippen molar-refractivity contribution in [1.29, 1.82) is 0 Å². The predicted octanol–water partition coefficient (Wildman–Crippen LogP) is 3.06. The van der Waals surface area contributed by atoms with Crippen LogP contribution in [0.2, 0.25) is 0 Å². The Morgan fingerprint density at radius 1 is 1.41 bits per heavy atom. The molecule has 1 amide bonds. The molecule has 1 aliphatic carbocycles. The lowest BCUT2D eigenvalue weighted by Crippen LogP contribution is -2.39. The Morgan fingerprint density at radius 3 is 2.91 bits per heavy atom. The first-order valence-electron chi connectivity index (χ1n) is 7.62. The molecule has 2 aromatic rings. The molecule has 0 N–H and O–H groups in total. The Morgan fingerprint density at radius 2 is 2.23 bits per heavy atom. The second kappa shape index (κ2) is 6.60. The molecule has 3 rings (SSSR count). The summed E-state index contributed by atoms with van der Waals surface area (Å²) in [7, 11) is 0. The maximum absolute atomic E-state index is 12.9. The van der Waals surface area contributed by atoms with Gasteiger partial charge in [-0.25, -0.2) is 4.98 Å². The minimum atomic E-state index is -0.194. The van der Waals surface area contributed by atoms with Gasteiger partial charge in [-0.1, -0.05) is 18.9 Å². The molecule has 6 heteroatoms. The van der Waals surface area contributed by atoms with E-state index in [2.05, 4.69) is 9.97 Å². The van der Waals surface area contributed by atoms with Crippen molar-refractivity contribution >= 4 is 11.7 Å². The van der Waals surface area contributed by atoms with Gasteiger partial charge in [-0.2, -0.15) is 4.98 Å². The standard InChI is InChI=1S/C16H19N3O3/c1-2-21-16-18-13(11-22-16)15(20)19(12-7-3-4-8-12)14-9-5-6-10-17-14/h5-6,9-12H,2-4,7-8H2,1H3. The van der Waals surface area contributed by atoms with E-state index >= 15 is 0 Å². The highest BCUT2D eigenvalue weighted by Crippen LogP contribution is 2.28. The van der Waals surface area contributed by atoms with Gasteiger partial charge in [0.25, 0.3) is 5.91 Å². The third-order valence-corrected chi connectivity index (χ3v) is 3.77. The van der Waals surface area contributed by atoms with Gasteiger partial charge < -0.3 is 9.15 Å². The first kappa shape index (κ1) is 14.6. The quantitative estimate of drug-likeness (QED) is 0.849. The maximum Gasteiger partial charge on any atom is 0.394 e. The van der Waals surface area contributed by atoms with Crippen molar-refractivity contribution in [2.24, 2.45) is 0 Å². The number of oxazole rings is 1. The van der Waals surface area contributed by atoms with Crippen molar-refractivity contribution in [2.75, 3.05) is 11.5 Å². The molecule has 22 heavy (non-hydrogen) atoms. The van der Waals surface area contributed by atoms with Gasteiger partial charge in [0.1, 0.15) is 12.1 Å². The lowest BCUT2D eigenvalue weighted by atomic mass is 10.2. The fraction of sp³-hybridized carbons (Fsp3) is 0.438. The van der Waals surface area contributed by atoms with Gasteiger partial charge in [-0.3, -0.25) is 9.69 Å². The third kappa shape index (κ3) is 2.95. The lowest BCUT2D eigenvalue weighted by molar-refractivity contribution is 0.0971. The smallest absolute Gasteiger partial charge is 0.394 e. The van der Waals surface area contributed by atoms with Crippen LogP contribution < -0.4 is 9.64 Å². The molecule has 2 heterocycles. The zero-order chi connectivity index (χ0) is 15.4. The summed E-state index contributed by atoms with van der Waals surface area (Å²) in [5.41, 5.74) is 0.251. The van der Waals surface area contributed by atoms with Crippen molar-refractivity contribution in [3.05, 3.63) is 36.4 Å². The van der Waals surface area contributed by atoms with Gasteiger partial charge in [-0.15, -0.1) is 0 Å². The molecule has 116 valence electrons. The van der Waals surface area contributed by atoms with Crippen molar-refractivity contribution in [3.63, 3.8) is 0 Å². The maximum atomic E-state index is 12.9. The van der Waals surface area contributed by atoms with Gasteiger partial charge in [0.05, 0.1) is 6.61 Å². The number of pyridine rings is 1. The molecule has 2 aromatic heterocycles. The number of carbonyl (C=O) groups is 1. The van der Waals surface area contributed by atoms with E-state index in [1.165, 1.54) is 6.26 Å². The first-order chi connectivity index (χ1) is 10.8. The van der Waals surface area contributed by atoms with E-state index < -0.39 is 0 Å². The number of amides is 1. The monoisotopic (exact) mass is 301 g/mol. The van der Waals surface area contributed by atoms with Gasteiger partial charge in [0, 0.05) is 12.2 Å². The second-order valence-electron chi connectivity index (χ2n) is 5.23. The molecule has 0 unspecified atom stereocenters. The van der Waals surface area contributed by atoms with Crippen LogP contribution in [0.3, 0.4) is 0 Å². The van der Waals surface area contributed by atoms with Gasteiger partial charge in [0.2, 0.25) is 0 Å². The van der Waals surface area contributed by atoms with Crippen LogP contribution in [0.4, 0.5) is 5.82 Å². The fourth-order valence-corrected chi connectivity index (χ4v) is 2.78. The molecule has 0 spiro atoms. The van der Waals surface area contributed by atoms with Crippen LogP contribution in [0, 0.1) is 0 Å². The average molecular weight is 301 g/mol. The highest BCUT2D eigenvalue weighted by molar-refractivity contribution is 6.04. The predicted molar refractivity (Wildman–Crippen MR) is 81.0 cm³/mol. The minimum Gasteiger partial charge on any atom is -0.450 e. The molecule has 1 aliphatic rings. The molecule has 1 fully saturated rings. The number of aromatic nitrogens is 2. The van der Waals surface area contributed by atoms with Crippen LogP contribution in [0.15, 0.2) is 35.1 Å². The van der Waals surface area contributed by atoms with Crippen LogP contribution >= 0.6 is 0 Å². The summed E-state index contributed by atoms with van der Waals surface area (Å²) in [4.78, 5) is 23.0. The van der Waals surface area contributed by atoms with Gasteiger partial charge in [0.15, 0.2) is 5.69 Å². The van der Waals surface area contributed by atoms with Gasteiger partial charge >= 0.3 is 6.08 Å². The van der Waals surface area contributed by atoms with Crippen LogP contribution in [-0.2, 0) is 0 Å². The fourth-order valence-electron chi connectivity index (χ4n) is 2.78. The van der Waals surface area contributed by atoms with E-state index in [-0.39, 0.29) is 23.7 Å². The van der Waals surface area contributed by atoms with Crippen molar-refractivity contribution in [3.8, 4) is 6.08 Å². The van der Waals surface area contributed by atoms with E-state index in [0.29, 0.717) is 12.4 Å². The van der Waals surface area contributed by atoms with Crippen LogP contribution in [0.25, 0.3) is 0 Å². The molecule has 0 bridgehead atoms. The largest absolute Gasteiger partial charge is 0.450 e. The normalized spacial score (nSPS) is 15.0. The first-order valence-corrected chi connectivity index (χ1v) is 7.62. The highest BCUT2D eigenvalue weighted by atomic mass is 16.6. The summed E-state index contributed by atoms with van der Waals surface area (Å²) in [5.74, 6) is 0.459. The van der Waals surface area contributed by atoms with E-state index in [1.807, 2.05) is 25.1 Å². The van der Waals surface area contributed by atoms with Crippen molar-refractivity contribution in [1.82, 2.24) is 9.97 Å². The van der Waals surface area contributed by atoms with Crippen LogP contribution in [-0.4, -0.2) is 28.5 Å². The molecule has 0 aliphatic heterocycles. The Labute approximate surface area is 129 Å². The highest BCUT2D eigenvalue weighted by Gasteiger charge is 2.31. The van der Waals surface area contributed by atoms with Crippen molar-refractivity contribution in [2.45, 2.75) is 38.6 Å². The number of hydrogen-bond acceptors (Lipinski definition) is 5. The minimum absolute atomic E-state index is 0.123. The zero-order valence-corrected chi connectivity index (χ0v) is 12.6. The Balaban J connectivity index is 1.89. The summed E-state index contributed by atoms with van der Waals surface area (Å²) in [6.45, 7) is 2.28. The summed E-state index contributed by atoms with van der Waals surface area (Å²) in [5, 5.41) is 0. The Bertz CT molecular complexity index is 621. The zero-order valence-electron chi connectivity index (χ0n) is 12.6. The lowest BCUT2D eigenvalue weighted by Gasteiger charge is -2.27. The molecule has 6 nitrogen and oxygen atoms in total. The molecular weight excluding hydrogens is 282 g/mol. The van der Waals surface area contributed by atoms with E-state index in [9.17, 15) is 4.79 Å². The van der Waals surface area contributed by atoms with Crippen LogP contribution in [0.1, 0.15) is 43.1 Å². The average Bonchev–Trinajstić information content (AvgIpc) is 3.21. The number of rotatable bonds is 5. The Hall–Kier alpha value is -2.37. The summed E-state index contributed by atoms with van der Waals surface area (Å²) in [6.07, 6.45) is 7.39. The summed E-state index contributed by atoms with van der Waals surface area (Å²) in [6, 6.07) is 5.73. The molecule has 0 radical (unpaired) electrons. The van der Waals surface area contributed by atoms with E-state index in [4.69, 9.17) is 9.15 Å². The number of ether oxygens (including phenoxy) is 1. The number of hydrogen-bond donors (Lipinski definition) is 0.